The van der Waals surface area contributed by atoms with Gasteiger partial charge in [-0.3, -0.25) is 4.79 Å². The van der Waals surface area contributed by atoms with Crippen LogP contribution in [0.1, 0.15) is 84.0 Å². The molecule has 0 fully saturated rings. The summed E-state index contributed by atoms with van der Waals surface area (Å²) in [5.41, 5.74) is 0. The second-order valence-corrected chi connectivity index (χ2v) is 5.84. The molecule has 0 aromatic rings. The number of carbonyl (C=O) groups is 1. The summed E-state index contributed by atoms with van der Waals surface area (Å²) >= 11 is 0. The number of allylic oxidation sites excluding steroid dienone is 4. The van der Waals surface area contributed by atoms with Crippen molar-refractivity contribution in [2.75, 3.05) is 7.11 Å². The lowest BCUT2D eigenvalue weighted by Gasteiger charge is -2.00. The van der Waals surface area contributed by atoms with Gasteiger partial charge in [0.15, 0.2) is 11.7 Å². The SMILES string of the molecule is CCCCCC/C=C(F)\C(F)=C/CCCCCCCC(=O)OC. The van der Waals surface area contributed by atoms with Gasteiger partial charge < -0.3 is 4.74 Å². The summed E-state index contributed by atoms with van der Waals surface area (Å²) in [5, 5.41) is 0. The summed E-state index contributed by atoms with van der Waals surface area (Å²) in [4.78, 5) is 10.9. The van der Waals surface area contributed by atoms with Gasteiger partial charge in [0.25, 0.3) is 0 Å². The van der Waals surface area contributed by atoms with Crippen molar-refractivity contribution in [2.24, 2.45) is 0 Å². The van der Waals surface area contributed by atoms with E-state index in [1.54, 1.807) is 0 Å². The summed E-state index contributed by atoms with van der Waals surface area (Å²) in [6.07, 6.45) is 13.2. The predicted octanol–water partition coefficient (Wildman–Crippen LogP) is 6.57. The Morgan fingerprint density at radius 3 is 1.83 bits per heavy atom. The van der Waals surface area contributed by atoms with E-state index in [0.717, 1.165) is 57.8 Å². The molecule has 0 saturated carbocycles. The molecule has 0 aromatic heterocycles. The van der Waals surface area contributed by atoms with Crippen LogP contribution in [0.2, 0.25) is 0 Å². The van der Waals surface area contributed by atoms with Crippen LogP contribution in [-0.4, -0.2) is 13.1 Å². The van der Waals surface area contributed by atoms with Gasteiger partial charge in [-0.15, -0.1) is 0 Å². The molecule has 0 heterocycles. The van der Waals surface area contributed by atoms with E-state index in [1.165, 1.54) is 19.3 Å². The van der Waals surface area contributed by atoms with Crippen LogP contribution in [0.25, 0.3) is 0 Å². The molecule has 0 spiro atoms. The Morgan fingerprint density at radius 2 is 1.30 bits per heavy atom. The number of carbonyl (C=O) groups excluding carboxylic acids is 1. The monoisotopic (exact) mass is 330 g/mol. The van der Waals surface area contributed by atoms with Crippen LogP contribution in [0.15, 0.2) is 23.8 Å². The molecule has 4 heteroatoms. The molecule has 0 atom stereocenters. The average molecular weight is 330 g/mol. The van der Waals surface area contributed by atoms with Crippen molar-refractivity contribution in [1.82, 2.24) is 0 Å². The molecule has 134 valence electrons. The molecule has 0 aliphatic rings. The minimum Gasteiger partial charge on any atom is -0.469 e. The molecule has 0 unspecified atom stereocenters. The number of hydrogen-bond acceptors (Lipinski definition) is 2. The zero-order valence-corrected chi connectivity index (χ0v) is 14.7. The number of ether oxygens (including phenoxy) is 1. The van der Waals surface area contributed by atoms with Crippen LogP contribution < -0.4 is 0 Å². The molecule has 0 aliphatic heterocycles. The highest BCUT2D eigenvalue weighted by Gasteiger charge is 2.02. The second-order valence-electron chi connectivity index (χ2n) is 5.84. The Bertz CT molecular complexity index is 362. The van der Waals surface area contributed by atoms with Gasteiger partial charge in [0.2, 0.25) is 0 Å². The molecule has 2 nitrogen and oxygen atoms in total. The molecule has 0 aromatic carbocycles. The van der Waals surface area contributed by atoms with Crippen molar-refractivity contribution in [3.63, 3.8) is 0 Å². The predicted molar refractivity (Wildman–Crippen MR) is 91.5 cm³/mol. The minimum atomic E-state index is -0.730. The van der Waals surface area contributed by atoms with Gasteiger partial charge in [-0.25, -0.2) is 8.78 Å². The van der Waals surface area contributed by atoms with Gasteiger partial charge >= 0.3 is 5.97 Å². The summed E-state index contributed by atoms with van der Waals surface area (Å²) in [6, 6.07) is 0. The lowest BCUT2D eigenvalue weighted by molar-refractivity contribution is -0.140. The van der Waals surface area contributed by atoms with Crippen LogP contribution in [0.3, 0.4) is 0 Å². The van der Waals surface area contributed by atoms with Gasteiger partial charge in [-0.05, 0) is 44.3 Å². The van der Waals surface area contributed by atoms with E-state index in [9.17, 15) is 13.6 Å². The number of unbranched alkanes of at least 4 members (excludes halogenated alkanes) is 9. The standard InChI is InChI=1S/C19H32F2O2/c1-3-4-5-8-11-14-17(20)18(21)15-12-9-6-7-10-13-16-19(22)23-2/h14-15H,3-13,16H2,1-2H3/b17-14+,18-15+. The van der Waals surface area contributed by atoms with Crippen molar-refractivity contribution in [3.8, 4) is 0 Å². The van der Waals surface area contributed by atoms with E-state index < -0.39 is 11.7 Å². The van der Waals surface area contributed by atoms with Gasteiger partial charge in [0.1, 0.15) is 0 Å². The molecule has 0 amide bonds. The fourth-order valence-corrected chi connectivity index (χ4v) is 2.27. The van der Waals surface area contributed by atoms with Crippen molar-refractivity contribution in [1.29, 1.82) is 0 Å². The number of halogens is 2. The fourth-order valence-electron chi connectivity index (χ4n) is 2.27. The van der Waals surface area contributed by atoms with E-state index in [-0.39, 0.29) is 5.97 Å². The topological polar surface area (TPSA) is 26.3 Å². The number of hydrogen-bond donors (Lipinski definition) is 0. The summed E-state index contributed by atoms with van der Waals surface area (Å²) in [6.45, 7) is 2.12. The first kappa shape index (κ1) is 21.8. The highest BCUT2D eigenvalue weighted by atomic mass is 19.2. The van der Waals surface area contributed by atoms with Crippen LogP contribution >= 0.6 is 0 Å². The molecule has 0 aliphatic carbocycles. The number of rotatable bonds is 14. The highest BCUT2D eigenvalue weighted by Crippen LogP contribution is 2.17. The molecule has 0 rings (SSSR count). The highest BCUT2D eigenvalue weighted by molar-refractivity contribution is 5.68. The van der Waals surface area contributed by atoms with E-state index in [0.29, 0.717) is 19.3 Å². The Kier molecular flexibility index (Phi) is 14.9. The maximum absolute atomic E-state index is 13.5. The zero-order valence-electron chi connectivity index (χ0n) is 14.7. The van der Waals surface area contributed by atoms with E-state index in [1.807, 2.05) is 0 Å². The number of methoxy groups -OCH3 is 1. The first-order chi connectivity index (χ1) is 11.1. The Balaban J connectivity index is 3.64. The van der Waals surface area contributed by atoms with Crippen molar-refractivity contribution < 1.29 is 18.3 Å². The van der Waals surface area contributed by atoms with E-state index >= 15 is 0 Å². The smallest absolute Gasteiger partial charge is 0.305 e. The molecular weight excluding hydrogens is 298 g/mol. The summed E-state index contributed by atoms with van der Waals surface area (Å²) in [7, 11) is 1.39. The Hall–Kier alpha value is -1.19. The summed E-state index contributed by atoms with van der Waals surface area (Å²) in [5.74, 6) is -1.63. The maximum atomic E-state index is 13.5. The molecule has 0 N–H and O–H groups in total. The largest absolute Gasteiger partial charge is 0.469 e. The lowest BCUT2D eigenvalue weighted by Crippen LogP contribution is -1.99. The van der Waals surface area contributed by atoms with Crippen LogP contribution in [0, 0.1) is 0 Å². The normalized spacial score (nSPS) is 12.5. The first-order valence-electron chi connectivity index (χ1n) is 8.90. The molecule has 0 saturated heterocycles. The molecule has 0 bridgehead atoms. The number of esters is 1. The third-order valence-corrected chi connectivity index (χ3v) is 3.75. The Morgan fingerprint density at radius 1 is 0.826 bits per heavy atom. The third kappa shape index (κ3) is 14.2. The minimum absolute atomic E-state index is 0.174. The summed E-state index contributed by atoms with van der Waals surface area (Å²) < 4.78 is 31.5. The molecular formula is C19H32F2O2. The van der Waals surface area contributed by atoms with Crippen LogP contribution in [-0.2, 0) is 9.53 Å². The molecule has 0 radical (unpaired) electrons. The van der Waals surface area contributed by atoms with Crippen LogP contribution in [0.4, 0.5) is 8.78 Å². The second kappa shape index (κ2) is 15.7. The van der Waals surface area contributed by atoms with Gasteiger partial charge in [0.05, 0.1) is 7.11 Å². The van der Waals surface area contributed by atoms with Crippen LogP contribution in [0.5, 0.6) is 0 Å². The molecule has 23 heavy (non-hydrogen) atoms. The quantitative estimate of drug-likeness (QED) is 0.205. The maximum Gasteiger partial charge on any atom is 0.305 e. The van der Waals surface area contributed by atoms with E-state index in [4.69, 9.17) is 0 Å². The van der Waals surface area contributed by atoms with Gasteiger partial charge in [-0.1, -0.05) is 45.4 Å². The van der Waals surface area contributed by atoms with Gasteiger partial charge in [-0.2, -0.15) is 0 Å². The lowest BCUT2D eigenvalue weighted by atomic mass is 10.1. The fraction of sp³-hybridized carbons (Fsp3) is 0.737. The van der Waals surface area contributed by atoms with Crippen molar-refractivity contribution in [2.45, 2.75) is 84.0 Å². The first-order valence-corrected chi connectivity index (χ1v) is 8.90. The zero-order chi connectivity index (χ0) is 17.3. The third-order valence-electron chi connectivity index (χ3n) is 3.75. The average Bonchev–Trinajstić information content (AvgIpc) is 2.56. The van der Waals surface area contributed by atoms with E-state index in [2.05, 4.69) is 11.7 Å². The van der Waals surface area contributed by atoms with Crippen molar-refractivity contribution >= 4 is 5.97 Å². The Labute approximate surface area is 140 Å². The van der Waals surface area contributed by atoms with Gasteiger partial charge in [0, 0.05) is 6.42 Å². The van der Waals surface area contributed by atoms with Crippen molar-refractivity contribution in [3.05, 3.63) is 23.8 Å².